The molecule has 0 N–H and O–H groups in total. The van der Waals surface area contributed by atoms with Gasteiger partial charge in [0.15, 0.2) is 12.3 Å². The van der Waals surface area contributed by atoms with E-state index in [1.165, 1.54) is 17.2 Å². The summed E-state index contributed by atoms with van der Waals surface area (Å²) in [6.45, 7) is 9.28. The summed E-state index contributed by atoms with van der Waals surface area (Å²) >= 11 is 0. The van der Waals surface area contributed by atoms with E-state index in [9.17, 15) is 13.0 Å². The number of hydrogen-bond donors (Lipinski definition) is 0. The highest BCUT2D eigenvalue weighted by atomic mass is 32.2. The molecule has 4 aromatic carbocycles. The summed E-state index contributed by atoms with van der Waals surface area (Å²) in [5.41, 5.74) is 8.07. The Morgan fingerprint density at radius 3 is 1.95 bits per heavy atom. The largest absolute Gasteiger partial charge is 0.744 e. The summed E-state index contributed by atoms with van der Waals surface area (Å²) in [7, 11) is -4.72. The Hall–Kier alpha value is -4.52. The summed E-state index contributed by atoms with van der Waals surface area (Å²) in [6, 6.07) is 33.9. The summed E-state index contributed by atoms with van der Waals surface area (Å²) in [5.74, 6) is 0. The zero-order valence-corrected chi connectivity index (χ0v) is 26.3. The molecule has 0 amide bonds. The molecule has 0 heterocycles. The zero-order valence-electron chi connectivity index (χ0n) is 25.5. The van der Waals surface area contributed by atoms with E-state index in [-0.39, 0.29) is 4.90 Å². The van der Waals surface area contributed by atoms with Crippen LogP contribution in [0, 0.1) is 6.92 Å². The maximum absolute atomic E-state index is 12.5. The minimum Gasteiger partial charge on any atom is -0.744 e. The molecule has 6 heteroatoms. The van der Waals surface area contributed by atoms with Crippen molar-refractivity contribution in [3.05, 3.63) is 161 Å². The maximum atomic E-state index is 12.5. The third-order valence-electron chi connectivity index (χ3n) is 7.91. The second-order valence-corrected chi connectivity index (χ2v) is 12.3. The number of benzene rings is 4. The first-order chi connectivity index (χ1) is 21.3. The molecule has 5 nitrogen and oxygen atoms in total. The minimum atomic E-state index is -4.72. The molecule has 5 rings (SSSR count). The number of nitrogens with zero attached hydrogens (tertiary/aromatic N) is 2. The predicted molar refractivity (Wildman–Crippen MR) is 179 cm³/mol. The Morgan fingerprint density at radius 1 is 0.773 bits per heavy atom. The second-order valence-electron chi connectivity index (χ2n) is 10.9. The molecule has 0 aliphatic heterocycles. The summed E-state index contributed by atoms with van der Waals surface area (Å²) in [6.07, 6.45) is 8.16. The quantitative estimate of drug-likeness (QED) is 0.139. The van der Waals surface area contributed by atoms with Crippen molar-refractivity contribution in [1.82, 2.24) is 0 Å². The van der Waals surface area contributed by atoms with E-state index in [0.717, 1.165) is 48.7 Å². The van der Waals surface area contributed by atoms with Crippen LogP contribution in [0.15, 0.2) is 138 Å². The van der Waals surface area contributed by atoms with E-state index in [1.807, 2.05) is 66.7 Å². The number of allylic oxidation sites excluding steroid dienone is 5. The third kappa shape index (κ3) is 7.33. The van der Waals surface area contributed by atoms with Gasteiger partial charge in [-0.15, -0.1) is 0 Å². The molecule has 1 aliphatic rings. The molecule has 0 radical (unpaired) electrons. The first-order valence-corrected chi connectivity index (χ1v) is 16.4. The summed E-state index contributed by atoms with van der Waals surface area (Å²) in [5, 5.41) is 0. The van der Waals surface area contributed by atoms with Gasteiger partial charge in [0.1, 0.15) is 16.7 Å². The van der Waals surface area contributed by atoms with Gasteiger partial charge in [0.05, 0.1) is 4.90 Å². The summed E-state index contributed by atoms with van der Waals surface area (Å²) in [4.78, 5) is 2.08. The monoisotopic (exact) mass is 602 g/mol. The van der Waals surface area contributed by atoms with E-state index < -0.39 is 10.1 Å². The van der Waals surface area contributed by atoms with Gasteiger partial charge in [0.2, 0.25) is 0 Å². The fraction of sp³-hybridized carbons (Fsp3) is 0.184. The van der Waals surface area contributed by atoms with Crippen LogP contribution in [-0.2, 0) is 23.2 Å². The Morgan fingerprint density at radius 2 is 1.39 bits per heavy atom. The number of aryl methyl sites for hydroxylation is 1. The van der Waals surface area contributed by atoms with Crippen molar-refractivity contribution in [2.75, 3.05) is 18.0 Å². The molecule has 0 spiro atoms. The first kappa shape index (κ1) is 30.9. The second kappa shape index (κ2) is 13.8. The molecule has 1 aliphatic carbocycles. The lowest BCUT2D eigenvalue weighted by atomic mass is 9.90. The molecule has 0 saturated carbocycles. The van der Waals surface area contributed by atoms with Crippen LogP contribution in [0.1, 0.15) is 41.7 Å². The molecule has 0 aromatic heterocycles. The number of rotatable bonds is 10. The standard InChI is InChI=1S/C38H38N2O3S/c1-4-39(27-30-12-8-6-9-13-30)34-21-17-32(18-22-34)38(36-25-16-29(3)26-37(36)44(41,42)43)33-19-23-35(24-20-33)40(5-2)28-31-14-10-7-11-15-31/h6-26H,4-5,27-28H2,1-3H3. The molecule has 0 bridgehead atoms. The highest BCUT2D eigenvalue weighted by molar-refractivity contribution is 7.85. The minimum absolute atomic E-state index is 0.209. The topological polar surface area (TPSA) is 63.5 Å². The van der Waals surface area contributed by atoms with Gasteiger partial charge >= 0.3 is 0 Å². The smallest absolute Gasteiger partial charge is 0.200 e. The van der Waals surface area contributed by atoms with Gasteiger partial charge < -0.3 is 9.45 Å². The van der Waals surface area contributed by atoms with Crippen molar-refractivity contribution >= 4 is 27.1 Å². The Bertz CT molecular complexity index is 1820. The molecular weight excluding hydrogens is 564 g/mol. The van der Waals surface area contributed by atoms with Gasteiger partial charge in [-0.3, -0.25) is 0 Å². The fourth-order valence-corrected chi connectivity index (χ4v) is 6.35. The molecule has 224 valence electrons. The van der Waals surface area contributed by atoms with Gasteiger partial charge in [0.25, 0.3) is 0 Å². The van der Waals surface area contributed by atoms with E-state index in [4.69, 9.17) is 0 Å². The van der Waals surface area contributed by atoms with Crippen LogP contribution in [0.25, 0.3) is 5.57 Å². The van der Waals surface area contributed by atoms with E-state index >= 15 is 0 Å². The van der Waals surface area contributed by atoms with Gasteiger partial charge in [-0.2, -0.15) is 0 Å². The SMILES string of the molecule is CCN(Cc1ccccc1)c1ccc(C(=C2C=CC(=[N+](CC)Cc3ccccc3)C=C2)c2ccc(C)cc2S(=O)(=O)[O-])cc1. The Balaban J connectivity index is 1.58. The Labute approximate surface area is 261 Å². The van der Waals surface area contributed by atoms with Gasteiger partial charge in [0, 0.05) is 42.1 Å². The maximum Gasteiger partial charge on any atom is 0.200 e. The molecule has 0 saturated heterocycles. The van der Waals surface area contributed by atoms with Crippen LogP contribution in [0.4, 0.5) is 5.69 Å². The molecule has 44 heavy (non-hydrogen) atoms. The fourth-order valence-electron chi connectivity index (χ4n) is 5.58. The van der Waals surface area contributed by atoms with Crippen LogP contribution < -0.4 is 4.90 Å². The zero-order chi connectivity index (χ0) is 31.1. The normalized spacial score (nSPS) is 12.8. The highest BCUT2D eigenvalue weighted by Gasteiger charge is 2.20. The third-order valence-corrected chi connectivity index (χ3v) is 8.79. The average Bonchev–Trinajstić information content (AvgIpc) is 3.04. The molecule has 0 atom stereocenters. The summed E-state index contributed by atoms with van der Waals surface area (Å²) < 4.78 is 39.8. The van der Waals surface area contributed by atoms with Crippen molar-refractivity contribution in [2.45, 2.75) is 38.8 Å². The van der Waals surface area contributed by atoms with Crippen molar-refractivity contribution < 1.29 is 17.5 Å². The van der Waals surface area contributed by atoms with E-state index in [0.29, 0.717) is 16.7 Å². The van der Waals surface area contributed by atoms with Crippen LogP contribution in [0.3, 0.4) is 0 Å². The van der Waals surface area contributed by atoms with Crippen LogP contribution >= 0.6 is 0 Å². The molecule has 0 fully saturated rings. The lowest BCUT2D eigenvalue weighted by Gasteiger charge is -2.24. The number of anilines is 1. The van der Waals surface area contributed by atoms with Crippen molar-refractivity contribution in [3.63, 3.8) is 0 Å². The van der Waals surface area contributed by atoms with Crippen LogP contribution in [0.2, 0.25) is 0 Å². The van der Waals surface area contributed by atoms with E-state index in [2.05, 4.69) is 71.9 Å². The predicted octanol–water partition coefficient (Wildman–Crippen LogP) is 7.53. The van der Waals surface area contributed by atoms with Crippen molar-refractivity contribution in [2.24, 2.45) is 0 Å². The van der Waals surface area contributed by atoms with Crippen molar-refractivity contribution in [1.29, 1.82) is 0 Å². The van der Waals surface area contributed by atoms with Crippen LogP contribution in [0.5, 0.6) is 0 Å². The molecular formula is C38H38N2O3S. The van der Waals surface area contributed by atoms with Gasteiger partial charge in [-0.05, 0) is 79.0 Å². The van der Waals surface area contributed by atoms with Crippen LogP contribution in [-0.4, -0.2) is 36.3 Å². The average molecular weight is 603 g/mol. The lowest BCUT2D eigenvalue weighted by molar-refractivity contribution is -0.539. The Kier molecular flexibility index (Phi) is 9.73. The van der Waals surface area contributed by atoms with Crippen molar-refractivity contribution in [3.8, 4) is 0 Å². The number of hydrogen-bond acceptors (Lipinski definition) is 4. The van der Waals surface area contributed by atoms with Gasteiger partial charge in [-0.1, -0.05) is 84.9 Å². The van der Waals surface area contributed by atoms with Gasteiger partial charge in [-0.25, -0.2) is 13.0 Å². The molecule has 4 aromatic rings. The lowest BCUT2D eigenvalue weighted by Crippen LogP contribution is -2.21. The first-order valence-electron chi connectivity index (χ1n) is 15.0. The highest BCUT2D eigenvalue weighted by Crippen LogP contribution is 2.35. The molecule has 0 unspecified atom stereocenters. The van der Waals surface area contributed by atoms with E-state index in [1.54, 1.807) is 13.0 Å².